The Balaban J connectivity index is 1.66. The van der Waals surface area contributed by atoms with E-state index in [9.17, 15) is 0 Å². The highest BCUT2D eigenvalue weighted by atomic mass is 15.1. The molecule has 0 saturated heterocycles. The monoisotopic (exact) mass is 409 g/mol. The second-order valence-corrected chi connectivity index (χ2v) is 8.09. The zero-order valence-corrected chi connectivity index (χ0v) is 17.3. The lowest BCUT2D eigenvalue weighted by Crippen LogP contribution is -2.05. The van der Waals surface area contributed by atoms with E-state index in [0.29, 0.717) is 0 Å². The van der Waals surface area contributed by atoms with Crippen molar-refractivity contribution in [3.05, 3.63) is 115 Å². The fraction of sp³-hybridized carbons (Fsp3) is 0. The summed E-state index contributed by atoms with van der Waals surface area (Å²) in [5, 5.41) is 4.98. The van der Waals surface area contributed by atoms with Crippen molar-refractivity contribution in [2.45, 2.75) is 0 Å². The first kappa shape index (κ1) is 17.3. The van der Waals surface area contributed by atoms with Gasteiger partial charge in [-0.05, 0) is 36.4 Å². The first-order valence-corrected chi connectivity index (χ1v) is 10.8. The molecule has 3 heteroatoms. The number of hydrogen-bond donors (Lipinski definition) is 0. The van der Waals surface area contributed by atoms with Crippen LogP contribution in [0.15, 0.2) is 115 Å². The molecule has 0 spiro atoms. The largest absolute Gasteiger partial charge is 0.306 e. The van der Waals surface area contributed by atoms with Crippen LogP contribution >= 0.6 is 0 Å². The first-order chi connectivity index (χ1) is 15.9. The van der Waals surface area contributed by atoms with Gasteiger partial charge in [-0.2, -0.15) is 0 Å². The Kier molecular flexibility index (Phi) is 3.55. The van der Waals surface area contributed by atoms with Crippen LogP contribution in [0.1, 0.15) is 0 Å². The van der Waals surface area contributed by atoms with Gasteiger partial charge in [0.05, 0.1) is 27.8 Å². The van der Waals surface area contributed by atoms with Crippen LogP contribution in [0.25, 0.3) is 55.1 Å². The van der Waals surface area contributed by atoms with Crippen molar-refractivity contribution in [2.75, 3.05) is 0 Å². The minimum absolute atomic E-state index is 0.927. The highest BCUT2D eigenvalue weighted by Crippen LogP contribution is 2.36. The van der Waals surface area contributed by atoms with Crippen molar-refractivity contribution >= 4 is 43.6 Å². The summed E-state index contributed by atoms with van der Waals surface area (Å²) in [5.41, 5.74) is 5.76. The Morgan fingerprint density at radius 1 is 0.406 bits per heavy atom. The predicted molar refractivity (Wildman–Crippen MR) is 133 cm³/mol. The minimum Gasteiger partial charge on any atom is -0.306 e. The van der Waals surface area contributed by atoms with E-state index in [0.717, 1.165) is 22.5 Å². The summed E-state index contributed by atoms with van der Waals surface area (Å²) in [6, 6.07) is 38.5. The number of hydrogen-bond acceptors (Lipinski definition) is 1. The van der Waals surface area contributed by atoms with E-state index in [1.165, 1.54) is 32.6 Å². The zero-order valence-electron chi connectivity index (χ0n) is 17.3. The van der Waals surface area contributed by atoms with Gasteiger partial charge < -0.3 is 4.57 Å². The normalized spacial score (nSPS) is 11.8. The van der Waals surface area contributed by atoms with E-state index in [4.69, 9.17) is 4.98 Å². The number of rotatable bonds is 2. The lowest BCUT2D eigenvalue weighted by atomic mass is 10.2. The van der Waals surface area contributed by atoms with Crippen LogP contribution in [-0.4, -0.2) is 14.1 Å². The van der Waals surface area contributed by atoms with Crippen LogP contribution in [0.4, 0.5) is 0 Å². The van der Waals surface area contributed by atoms with Crippen LogP contribution in [0, 0.1) is 0 Å². The second kappa shape index (κ2) is 6.56. The van der Waals surface area contributed by atoms with Gasteiger partial charge in [-0.3, -0.25) is 4.57 Å². The number of nitrogens with zero attached hydrogens (tertiary/aromatic N) is 3. The Morgan fingerprint density at radius 3 is 1.28 bits per heavy atom. The van der Waals surface area contributed by atoms with Gasteiger partial charge in [0.15, 0.2) is 5.82 Å². The molecule has 0 unspecified atom stereocenters. The zero-order chi connectivity index (χ0) is 21.1. The van der Waals surface area contributed by atoms with Gasteiger partial charge in [0.2, 0.25) is 0 Å². The van der Waals surface area contributed by atoms with E-state index < -0.39 is 0 Å². The highest BCUT2D eigenvalue weighted by Gasteiger charge is 2.19. The lowest BCUT2D eigenvalue weighted by Gasteiger charge is -2.15. The van der Waals surface area contributed by atoms with E-state index in [-0.39, 0.29) is 0 Å². The van der Waals surface area contributed by atoms with Crippen molar-refractivity contribution in [2.24, 2.45) is 0 Å². The fourth-order valence-electron chi connectivity index (χ4n) is 5.07. The molecular weight excluding hydrogens is 390 g/mol. The molecule has 0 amide bonds. The molecule has 0 bridgehead atoms. The lowest BCUT2D eigenvalue weighted by molar-refractivity contribution is 1.03. The van der Waals surface area contributed by atoms with E-state index >= 15 is 0 Å². The van der Waals surface area contributed by atoms with Crippen LogP contribution in [0.3, 0.4) is 0 Å². The molecule has 32 heavy (non-hydrogen) atoms. The molecule has 0 aliphatic rings. The average molecular weight is 409 g/mol. The van der Waals surface area contributed by atoms with E-state index in [1.54, 1.807) is 0 Å². The Labute approximate surface area is 184 Å². The molecule has 3 heterocycles. The molecule has 0 atom stereocenters. The molecule has 150 valence electrons. The third-order valence-corrected chi connectivity index (χ3v) is 6.38. The van der Waals surface area contributed by atoms with Crippen LogP contribution < -0.4 is 0 Å². The smallest absolute Gasteiger partial charge is 0.162 e. The van der Waals surface area contributed by atoms with Gasteiger partial charge in [0, 0.05) is 27.7 Å². The van der Waals surface area contributed by atoms with Gasteiger partial charge in [-0.15, -0.1) is 0 Å². The maximum Gasteiger partial charge on any atom is 0.162 e. The summed E-state index contributed by atoms with van der Waals surface area (Å²) in [6.07, 6.45) is 1.89. The molecule has 7 aromatic rings. The summed E-state index contributed by atoms with van der Waals surface area (Å²) in [6.45, 7) is 0. The Morgan fingerprint density at radius 2 is 0.812 bits per heavy atom. The number of aromatic nitrogens is 3. The van der Waals surface area contributed by atoms with Gasteiger partial charge in [0.25, 0.3) is 0 Å². The minimum atomic E-state index is 0.927. The van der Waals surface area contributed by atoms with Crippen LogP contribution in [-0.2, 0) is 0 Å². The molecule has 3 nitrogen and oxygen atoms in total. The molecule has 3 aromatic heterocycles. The van der Waals surface area contributed by atoms with Gasteiger partial charge in [-0.1, -0.05) is 72.8 Å². The number of pyridine rings is 1. The highest BCUT2D eigenvalue weighted by molar-refractivity contribution is 6.11. The van der Waals surface area contributed by atoms with Gasteiger partial charge in [0.1, 0.15) is 0 Å². The van der Waals surface area contributed by atoms with Crippen molar-refractivity contribution in [1.29, 1.82) is 0 Å². The maximum atomic E-state index is 4.93. The quantitative estimate of drug-likeness (QED) is 0.294. The van der Waals surface area contributed by atoms with Crippen LogP contribution in [0.2, 0.25) is 0 Å². The number of fused-ring (bicyclic) bond motifs is 6. The molecule has 0 aliphatic heterocycles. The van der Waals surface area contributed by atoms with E-state index in [1.807, 2.05) is 12.3 Å². The molecular formula is C29H19N3. The van der Waals surface area contributed by atoms with Crippen molar-refractivity contribution in [3.63, 3.8) is 0 Å². The van der Waals surface area contributed by atoms with E-state index in [2.05, 4.69) is 112 Å². The first-order valence-electron chi connectivity index (χ1n) is 10.8. The number of benzene rings is 4. The maximum absolute atomic E-state index is 4.93. The Bertz CT molecular complexity index is 1550. The molecule has 0 fully saturated rings. The average Bonchev–Trinajstić information content (AvgIpc) is 3.37. The van der Waals surface area contributed by atoms with Gasteiger partial charge >= 0.3 is 0 Å². The second-order valence-electron chi connectivity index (χ2n) is 8.09. The molecule has 0 saturated carbocycles. The molecule has 0 N–H and O–H groups in total. The Hall–Kier alpha value is -4.37. The van der Waals surface area contributed by atoms with Crippen molar-refractivity contribution in [1.82, 2.24) is 14.1 Å². The summed E-state index contributed by atoms with van der Waals surface area (Å²) in [5.74, 6) is 0.927. The third-order valence-electron chi connectivity index (χ3n) is 6.38. The van der Waals surface area contributed by atoms with Crippen molar-refractivity contribution < 1.29 is 0 Å². The predicted octanol–water partition coefficient (Wildman–Crippen LogP) is 7.28. The topological polar surface area (TPSA) is 22.8 Å². The molecule has 0 radical (unpaired) electrons. The standard InChI is InChI=1S/C29H19N3/c1-5-14-24-20(10-1)21-11-2-6-15-25(21)31(24)28-18-9-19-30-29(28)32-26-16-7-3-12-22(26)23-13-4-8-17-27(23)32/h1-19H. The third kappa shape index (κ3) is 2.28. The summed E-state index contributed by atoms with van der Waals surface area (Å²) >= 11 is 0. The van der Waals surface area contributed by atoms with Crippen LogP contribution in [0.5, 0.6) is 0 Å². The van der Waals surface area contributed by atoms with Gasteiger partial charge in [-0.25, -0.2) is 4.98 Å². The molecule has 4 aromatic carbocycles. The molecule has 7 rings (SSSR count). The molecule has 0 aliphatic carbocycles. The summed E-state index contributed by atoms with van der Waals surface area (Å²) in [4.78, 5) is 4.93. The van der Waals surface area contributed by atoms with Crippen molar-refractivity contribution in [3.8, 4) is 11.5 Å². The SMILES string of the molecule is c1cnc(-n2c3ccccc3c3ccccc32)c(-n2c3ccccc3c3ccccc32)c1. The number of para-hydroxylation sites is 4. The summed E-state index contributed by atoms with van der Waals surface area (Å²) < 4.78 is 4.64. The summed E-state index contributed by atoms with van der Waals surface area (Å²) in [7, 11) is 0. The fourth-order valence-corrected chi connectivity index (χ4v) is 5.07.